The first-order valence-electron chi connectivity index (χ1n) is 5.57. The first-order valence-corrected chi connectivity index (χ1v) is 6.45. The Kier molecular flexibility index (Phi) is 4.06. The molecular weight excluding hydrogens is 266 g/mol. The van der Waals surface area contributed by atoms with Crippen molar-refractivity contribution in [2.45, 2.75) is 11.7 Å². The zero-order valence-electron chi connectivity index (χ0n) is 10.3. The molecule has 0 unspecified atom stereocenters. The summed E-state index contributed by atoms with van der Waals surface area (Å²) in [5.74, 6) is -0.109. The van der Waals surface area contributed by atoms with E-state index in [-0.39, 0.29) is 23.4 Å². The maximum absolute atomic E-state index is 12.1. The number of nitrogens with two attached hydrogens (primary N) is 1. The Morgan fingerprint density at radius 2 is 2.26 bits per heavy atom. The van der Waals surface area contributed by atoms with Crippen LogP contribution in [-0.4, -0.2) is 29.3 Å². The number of benzene rings is 1. The number of aliphatic imine (C=N–C) groups is 1. The van der Waals surface area contributed by atoms with Gasteiger partial charge in [0.2, 0.25) is 11.8 Å². The summed E-state index contributed by atoms with van der Waals surface area (Å²) >= 11 is 1.08. The summed E-state index contributed by atoms with van der Waals surface area (Å²) in [7, 11) is 1.52. The molecular formula is C12H13N3O3S. The normalized spacial score (nSPS) is 18.7. The molecule has 100 valence electrons. The van der Waals surface area contributed by atoms with Crippen molar-refractivity contribution in [3.05, 3.63) is 24.3 Å². The number of amidine groups is 1. The number of amides is 2. The molecule has 2 rings (SSSR count). The Bertz CT molecular complexity index is 545. The number of carbonyl (C=O) groups excluding carboxylic acids is 2. The van der Waals surface area contributed by atoms with Crippen LogP contribution in [0.2, 0.25) is 0 Å². The number of methoxy groups -OCH3 is 1. The van der Waals surface area contributed by atoms with Crippen molar-refractivity contribution in [1.29, 1.82) is 0 Å². The van der Waals surface area contributed by atoms with Crippen molar-refractivity contribution in [1.82, 2.24) is 0 Å². The van der Waals surface area contributed by atoms with Gasteiger partial charge in [-0.15, -0.1) is 0 Å². The Morgan fingerprint density at radius 1 is 1.53 bits per heavy atom. The molecule has 1 aliphatic rings. The number of hydrogen-bond donors (Lipinski definition) is 2. The first-order chi connectivity index (χ1) is 9.10. The second-order valence-corrected chi connectivity index (χ2v) is 5.07. The van der Waals surface area contributed by atoms with E-state index >= 15 is 0 Å². The molecule has 0 aliphatic carbocycles. The summed E-state index contributed by atoms with van der Waals surface area (Å²) in [5, 5.41) is 2.29. The molecule has 0 radical (unpaired) electrons. The second kappa shape index (κ2) is 5.75. The lowest BCUT2D eigenvalue weighted by atomic mass is 10.2. The summed E-state index contributed by atoms with van der Waals surface area (Å²) in [5.41, 5.74) is 6.05. The number of thioether (sulfide) groups is 1. The fourth-order valence-corrected chi connectivity index (χ4v) is 2.49. The van der Waals surface area contributed by atoms with Crippen molar-refractivity contribution in [3.63, 3.8) is 0 Å². The zero-order valence-corrected chi connectivity index (χ0v) is 11.1. The Morgan fingerprint density at radius 3 is 2.95 bits per heavy atom. The number of ether oxygens (including phenoxy) is 1. The van der Waals surface area contributed by atoms with Crippen LogP contribution < -0.4 is 15.8 Å². The number of nitrogens with one attached hydrogen (secondary N) is 1. The highest BCUT2D eigenvalue weighted by Crippen LogP contribution is 2.26. The van der Waals surface area contributed by atoms with Gasteiger partial charge >= 0.3 is 0 Å². The van der Waals surface area contributed by atoms with Gasteiger partial charge in [0.15, 0.2) is 5.17 Å². The van der Waals surface area contributed by atoms with Gasteiger partial charge in [-0.2, -0.15) is 4.99 Å². The highest BCUT2D eigenvalue weighted by Gasteiger charge is 2.28. The molecule has 1 aromatic carbocycles. The van der Waals surface area contributed by atoms with Crippen molar-refractivity contribution in [3.8, 4) is 5.75 Å². The highest BCUT2D eigenvalue weighted by atomic mass is 32.2. The van der Waals surface area contributed by atoms with E-state index in [2.05, 4.69) is 10.3 Å². The molecule has 0 spiro atoms. The Hall–Kier alpha value is -2.02. The number of hydrogen-bond acceptors (Lipinski definition) is 5. The van der Waals surface area contributed by atoms with Crippen LogP contribution in [0.25, 0.3) is 0 Å². The third kappa shape index (κ3) is 3.25. The van der Waals surface area contributed by atoms with Crippen LogP contribution in [0.5, 0.6) is 5.75 Å². The molecule has 0 saturated carbocycles. The molecule has 0 saturated heterocycles. The van der Waals surface area contributed by atoms with E-state index in [1.54, 1.807) is 24.3 Å². The third-order valence-corrected chi connectivity index (χ3v) is 3.51. The average molecular weight is 279 g/mol. The molecule has 1 atom stereocenters. The minimum absolute atomic E-state index is 0.0480. The quantitative estimate of drug-likeness (QED) is 0.860. The Balaban J connectivity index is 2.09. The molecule has 3 N–H and O–H groups in total. The van der Waals surface area contributed by atoms with E-state index in [1.165, 1.54) is 7.11 Å². The minimum atomic E-state index is -0.560. The summed E-state index contributed by atoms with van der Waals surface area (Å²) in [6.07, 6.45) is 0.0480. The maximum Gasteiger partial charge on any atom is 0.249 e. The van der Waals surface area contributed by atoms with Gasteiger partial charge in [-0.1, -0.05) is 23.9 Å². The van der Waals surface area contributed by atoms with Gasteiger partial charge in [0.05, 0.1) is 19.2 Å². The molecule has 19 heavy (non-hydrogen) atoms. The van der Waals surface area contributed by atoms with Crippen LogP contribution in [-0.2, 0) is 9.59 Å². The van der Waals surface area contributed by atoms with Gasteiger partial charge < -0.3 is 15.8 Å². The van der Waals surface area contributed by atoms with Crippen LogP contribution in [0.15, 0.2) is 29.3 Å². The molecule has 0 bridgehead atoms. The van der Waals surface area contributed by atoms with Crippen molar-refractivity contribution in [2.24, 2.45) is 10.7 Å². The fourth-order valence-electron chi connectivity index (χ4n) is 1.65. The van der Waals surface area contributed by atoms with E-state index in [0.29, 0.717) is 11.4 Å². The summed E-state index contributed by atoms with van der Waals surface area (Å²) in [6.45, 7) is 0. The first kappa shape index (κ1) is 13.4. The van der Waals surface area contributed by atoms with Gasteiger partial charge in [-0.25, -0.2) is 0 Å². The number of para-hydroxylation sites is 2. The Labute approximate surface area is 114 Å². The van der Waals surface area contributed by atoms with Gasteiger partial charge in [-0.05, 0) is 12.1 Å². The van der Waals surface area contributed by atoms with Gasteiger partial charge in [0.25, 0.3) is 0 Å². The lowest BCUT2D eigenvalue weighted by molar-refractivity contribution is -0.121. The van der Waals surface area contributed by atoms with Crippen LogP contribution in [0.4, 0.5) is 5.69 Å². The summed E-state index contributed by atoms with van der Waals surface area (Å²) in [6, 6.07) is 7.05. The molecule has 1 aliphatic heterocycles. The number of anilines is 1. The van der Waals surface area contributed by atoms with Crippen LogP contribution >= 0.6 is 11.8 Å². The minimum Gasteiger partial charge on any atom is -0.495 e. The maximum atomic E-state index is 12.1. The molecule has 2 amide bonds. The molecule has 1 heterocycles. The molecule has 6 nitrogen and oxygen atoms in total. The lowest BCUT2D eigenvalue weighted by Crippen LogP contribution is -2.33. The van der Waals surface area contributed by atoms with E-state index < -0.39 is 5.25 Å². The van der Waals surface area contributed by atoms with Gasteiger partial charge in [-0.3, -0.25) is 9.59 Å². The molecule has 7 heteroatoms. The predicted octanol–water partition coefficient (Wildman–Crippen LogP) is 0.980. The second-order valence-electron chi connectivity index (χ2n) is 3.84. The highest BCUT2D eigenvalue weighted by molar-refractivity contribution is 8.15. The van der Waals surface area contributed by atoms with Gasteiger partial charge in [0.1, 0.15) is 11.0 Å². The van der Waals surface area contributed by atoms with Crippen molar-refractivity contribution in [2.75, 3.05) is 12.4 Å². The summed E-state index contributed by atoms with van der Waals surface area (Å²) < 4.78 is 5.14. The lowest BCUT2D eigenvalue weighted by Gasteiger charge is -2.18. The van der Waals surface area contributed by atoms with Crippen LogP contribution in [0, 0.1) is 0 Å². The fraction of sp³-hybridized carbons (Fsp3) is 0.250. The van der Waals surface area contributed by atoms with E-state index in [0.717, 1.165) is 11.8 Å². The van der Waals surface area contributed by atoms with E-state index in [9.17, 15) is 9.59 Å². The summed E-state index contributed by atoms with van der Waals surface area (Å²) in [4.78, 5) is 26.9. The SMILES string of the molecule is COc1ccccc1NC(=O)[C@@H]1CC(=O)N=C(N)S1. The third-order valence-electron chi connectivity index (χ3n) is 2.52. The van der Waals surface area contributed by atoms with E-state index in [4.69, 9.17) is 10.5 Å². The number of carbonyl (C=O) groups is 2. The standard InChI is InChI=1S/C12H13N3O3S/c1-18-8-5-3-2-4-7(8)14-11(17)9-6-10(16)15-12(13)19-9/h2-5,9H,6H2,1H3,(H,14,17)(H2,13,15,16)/t9-/m0/s1. The van der Waals surface area contributed by atoms with Gasteiger partial charge in [0, 0.05) is 0 Å². The number of rotatable bonds is 3. The van der Waals surface area contributed by atoms with Crippen molar-refractivity contribution < 1.29 is 14.3 Å². The number of nitrogens with zero attached hydrogens (tertiary/aromatic N) is 1. The van der Waals surface area contributed by atoms with Crippen molar-refractivity contribution >= 4 is 34.4 Å². The molecule has 0 fully saturated rings. The van der Waals surface area contributed by atoms with Crippen LogP contribution in [0.3, 0.4) is 0 Å². The monoisotopic (exact) mass is 279 g/mol. The molecule has 0 aromatic heterocycles. The molecule has 1 aromatic rings. The average Bonchev–Trinajstić information content (AvgIpc) is 2.38. The van der Waals surface area contributed by atoms with Crippen LogP contribution in [0.1, 0.15) is 6.42 Å². The largest absolute Gasteiger partial charge is 0.495 e. The topological polar surface area (TPSA) is 93.8 Å². The zero-order chi connectivity index (χ0) is 13.8. The van der Waals surface area contributed by atoms with E-state index in [1.807, 2.05) is 0 Å². The smallest absolute Gasteiger partial charge is 0.249 e. The predicted molar refractivity (Wildman–Crippen MR) is 74.2 cm³/mol.